The van der Waals surface area contributed by atoms with E-state index in [4.69, 9.17) is 0 Å². The van der Waals surface area contributed by atoms with E-state index in [1.807, 2.05) is 6.26 Å². The van der Waals surface area contributed by atoms with Gasteiger partial charge in [-0.25, -0.2) is 0 Å². The third kappa shape index (κ3) is 2.46. The molecule has 0 aliphatic heterocycles. The summed E-state index contributed by atoms with van der Waals surface area (Å²) in [4.78, 5) is 0. The van der Waals surface area contributed by atoms with Crippen LogP contribution in [0.5, 0.6) is 0 Å². The molecule has 0 radical (unpaired) electrons. The highest BCUT2D eigenvalue weighted by atomic mass is 32.2. The highest BCUT2D eigenvalue weighted by Gasteiger charge is 1.89. The quantitative estimate of drug-likeness (QED) is 0.695. The molecule has 0 aliphatic carbocycles. The Labute approximate surface area is 72.3 Å². The summed E-state index contributed by atoms with van der Waals surface area (Å²) in [5.74, 6) is 0. The van der Waals surface area contributed by atoms with Crippen molar-refractivity contribution < 1.29 is 0 Å². The molecule has 1 N–H and O–H groups in total. The van der Waals surface area contributed by atoms with E-state index in [-0.39, 0.29) is 0 Å². The van der Waals surface area contributed by atoms with E-state index in [9.17, 15) is 0 Å². The smallest absolute Gasteiger partial charge is 0.0440 e. The van der Waals surface area contributed by atoms with Crippen LogP contribution in [0.15, 0.2) is 24.3 Å². The second-order valence-corrected chi connectivity index (χ2v) is 2.97. The number of hydrogen-bond acceptors (Lipinski definition) is 2. The molecule has 0 aromatic heterocycles. The van der Waals surface area contributed by atoms with Crippen molar-refractivity contribution in [2.45, 2.75) is 13.3 Å². The van der Waals surface area contributed by atoms with Gasteiger partial charge in [-0.15, -0.1) is 0 Å². The number of aryl methyl sites for hydroxylation is 1. The molecule has 0 bridgehead atoms. The molecule has 1 aromatic carbocycles. The molecule has 0 saturated heterocycles. The Morgan fingerprint density at radius 2 is 1.91 bits per heavy atom. The SMILES string of the molecule is CCc1ccc(NSC)cc1. The van der Waals surface area contributed by atoms with Crippen molar-refractivity contribution in [1.82, 2.24) is 0 Å². The van der Waals surface area contributed by atoms with Crippen molar-refractivity contribution in [3.05, 3.63) is 29.8 Å². The molecule has 1 nitrogen and oxygen atoms in total. The van der Waals surface area contributed by atoms with Crippen LogP contribution in [0.1, 0.15) is 12.5 Å². The van der Waals surface area contributed by atoms with Crippen molar-refractivity contribution in [2.24, 2.45) is 0 Å². The lowest BCUT2D eigenvalue weighted by Crippen LogP contribution is -1.85. The lowest BCUT2D eigenvalue weighted by Gasteiger charge is -2.01. The summed E-state index contributed by atoms with van der Waals surface area (Å²) in [5, 5.41) is 0. The lowest BCUT2D eigenvalue weighted by atomic mass is 10.2. The van der Waals surface area contributed by atoms with Gasteiger partial charge in [-0.3, -0.25) is 0 Å². The van der Waals surface area contributed by atoms with Crippen LogP contribution in [0.2, 0.25) is 0 Å². The molecule has 1 aromatic rings. The van der Waals surface area contributed by atoms with Crippen molar-refractivity contribution in [3.8, 4) is 0 Å². The van der Waals surface area contributed by atoms with Crippen LogP contribution in [-0.2, 0) is 6.42 Å². The van der Waals surface area contributed by atoms with E-state index in [1.165, 1.54) is 11.3 Å². The number of rotatable bonds is 3. The van der Waals surface area contributed by atoms with Gasteiger partial charge in [0, 0.05) is 11.9 Å². The zero-order valence-corrected chi connectivity index (χ0v) is 7.74. The topological polar surface area (TPSA) is 12.0 Å². The van der Waals surface area contributed by atoms with E-state index < -0.39 is 0 Å². The van der Waals surface area contributed by atoms with Crippen LogP contribution in [0.4, 0.5) is 5.69 Å². The van der Waals surface area contributed by atoms with Gasteiger partial charge >= 0.3 is 0 Å². The number of benzene rings is 1. The molecule has 0 aliphatic rings. The van der Waals surface area contributed by atoms with E-state index in [1.54, 1.807) is 11.9 Å². The van der Waals surface area contributed by atoms with Gasteiger partial charge in [0.05, 0.1) is 0 Å². The minimum absolute atomic E-state index is 1.11. The van der Waals surface area contributed by atoms with Gasteiger partial charge in [0.1, 0.15) is 0 Å². The monoisotopic (exact) mass is 167 g/mol. The Morgan fingerprint density at radius 3 is 2.36 bits per heavy atom. The summed E-state index contributed by atoms with van der Waals surface area (Å²) in [6, 6.07) is 8.52. The van der Waals surface area contributed by atoms with Gasteiger partial charge in [0.2, 0.25) is 0 Å². The maximum absolute atomic E-state index is 3.18. The highest BCUT2D eigenvalue weighted by Crippen LogP contribution is 2.12. The first-order chi connectivity index (χ1) is 5.36. The maximum atomic E-state index is 3.18. The van der Waals surface area contributed by atoms with Crippen molar-refractivity contribution >= 4 is 17.6 Å². The molecule has 60 valence electrons. The average molecular weight is 167 g/mol. The summed E-state index contributed by atoms with van der Waals surface area (Å²) in [5.41, 5.74) is 2.56. The van der Waals surface area contributed by atoms with Gasteiger partial charge < -0.3 is 4.72 Å². The van der Waals surface area contributed by atoms with Crippen LogP contribution in [0.3, 0.4) is 0 Å². The van der Waals surface area contributed by atoms with Crippen LogP contribution in [-0.4, -0.2) is 6.26 Å². The van der Waals surface area contributed by atoms with Crippen molar-refractivity contribution in [1.29, 1.82) is 0 Å². The molecular formula is C9H13NS. The number of nitrogens with one attached hydrogen (secondary N) is 1. The van der Waals surface area contributed by atoms with Crippen molar-refractivity contribution in [2.75, 3.05) is 11.0 Å². The zero-order valence-electron chi connectivity index (χ0n) is 6.92. The van der Waals surface area contributed by atoms with E-state index in [2.05, 4.69) is 35.9 Å². The highest BCUT2D eigenvalue weighted by molar-refractivity contribution is 7.99. The predicted molar refractivity (Wildman–Crippen MR) is 53.0 cm³/mol. The largest absolute Gasteiger partial charge is 0.330 e. The third-order valence-corrected chi connectivity index (χ3v) is 2.02. The molecule has 0 heterocycles. The fourth-order valence-corrected chi connectivity index (χ4v) is 1.30. The average Bonchev–Trinajstić information content (AvgIpc) is 2.07. The Kier molecular flexibility index (Phi) is 3.30. The Hall–Kier alpha value is -0.630. The summed E-state index contributed by atoms with van der Waals surface area (Å²) >= 11 is 1.62. The fraction of sp³-hybridized carbons (Fsp3) is 0.333. The van der Waals surface area contributed by atoms with E-state index in [0.717, 1.165) is 6.42 Å². The van der Waals surface area contributed by atoms with Gasteiger partial charge in [-0.1, -0.05) is 31.0 Å². The number of anilines is 1. The Morgan fingerprint density at radius 1 is 1.27 bits per heavy atom. The molecule has 0 amide bonds. The standard InChI is InChI=1S/C9H13NS/c1-3-8-4-6-9(7-5-8)10-11-2/h4-7,10H,3H2,1-2H3. The normalized spacial score (nSPS) is 9.64. The van der Waals surface area contributed by atoms with Crippen LogP contribution < -0.4 is 4.72 Å². The molecule has 0 spiro atoms. The summed E-state index contributed by atoms with van der Waals surface area (Å²) < 4.78 is 3.18. The molecular weight excluding hydrogens is 154 g/mol. The molecule has 0 atom stereocenters. The number of hydrogen-bond donors (Lipinski definition) is 1. The molecule has 0 unspecified atom stereocenters. The van der Waals surface area contributed by atoms with Crippen LogP contribution >= 0.6 is 11.9 Å². The summed E-state index contributed by atoms with van der Waals surface area (Å²) in [6.45, 7) is 2.16. The first-order valence-corrected chi connectivity index (χ1v) is 4.97. The fourth-order valence-electron chi connectivity index (χ4n) is 0.926. The van der Waals surface area contributed by atoms with Crippen molar-refractivity contribution in [3.63, 3.8) is 0 Å². The lowest BCUT2D eigenvalue weighted by molar-refractivity contribution is 1.14. The van der Waals surface area contributed by atoms with Gasteiger partial charge in [-0.05, 0) is 24.1 Å². The molecule has 11 heavy (non-hydrogen) atoms. The molecule has 0 fully saturated rings. The van der Waals surface area contributed by atoms with Gasteiger partial charge in [0.25, 0.3) is 0 Å². The second kappa shape index (κ2) is 4.29. The van der Waals surface area contributed by atoms with E-state index in [0.29, 0.717) is 0 Å². The zero-order chi connectivity index (χ0) is 8.10. The van der Waals surface area contributed by atoms with Gasteiger partial charge in [0.15, 0.2) is 0 Å². The predicted octanol–water partition coefficient (Wildman–Crippen LogP) is 2.94. The molecule has 0 saturated carbocycles. The first kappa shape index (κ1) is 8.47. The molecule has 1 rings (SSSR count). The summed E-state index contributed by atoms with van der Waals surface area (Å²) in [6.07, 6.45) is 3.13. The second-order valence-electron chi connectivity index (χ2n) is 2.36. The van der Waals surface area contributed by atoms with Crippen LogP contribution in [0, 0.1) is 0 Å². The minimum Gasteiger partial charge on any atom is -0.330 e. The maximum Gasteiger partial charge on any atom is 0.0440 e. The third-order valence-electron chi connectivity index (χ3n) is 1.58. The minimum atomic E-state index is 1.11. The van der Waals surface area contributed by atoms with E-state index >= 15 is 0 Å². The Balaban J connectivity index is 2.66. The Bertz CT molecular complexity index is 205. The first-order valence-electron chi connectivity index (χ1n) is 3.74. The molecule has 2 heteroatoms. The van der Waals surface area contributed by atoms with Gasteiger partial charge in [-0.2, -0.15) is 0 Å². The summed E-state index contributed by atoms with van der Waals surface area (Å²) in [7, 11) is 0. The van der Waals surface area contributed by atoms with Crippen LogP contribution in [0.25, 0.3) is 0 Å².